The van der Waals surface area contributed by atoms with Gasteiger partial charge in [0.05, 0.1) is 27.6 Å². The number of pyridine rings is 1. The van der Waals surface area contributed by atoms with Crippen molar-refractivity contribution < 1.29 is 4.42 Å². The van der Waals surface area contributed by atoms with E-state index < -0.39 is 0 Å². The number of aromatic nitrogens is 3. The minimum Gasteiger partial charge on any atom is -0.452 e. The molecule has 12 aromatic rings. The molecule has 4 aromatic heterocycles. The number of fused-ring (bicyclic) bond motifs is 12. The number of para-hydroxylation sites is 4. The lowest BCUT2D eigenvalue weighted by atomic mass is 9.99. The van der Waals surface area contributed by atoms with Crippen molar-refractivity contribution in [2.45, 2.75) is 0 Å². The number of rotatable bonds is 3. The molecule has 246 valence electrons. The topological polar surface area (TPSA) is 35.9 Å². The maximum Gasteiger partial charge on any atom is 0.178 e. The first kappa shape index (κ1) is 28.5. The smallest absolute Gasteiger partial charge is 0.178 e. The summed E-state index contributed by atoms with van der Waals surface area (Å²) in [6, 6.07) is 63.1. The standard InChI is InChI=1S/C49H29N3O/c1-2-13-33(14-3-1)51-41-20-10-7-16-35(41)38-28-31(23-25-42(38)51)32-24-26-43-39(29-32)46-34-15-5-4-12-30(34)22-27-44(46)52(43)48-36-17-6-9-19-40(36)50-47-37-18-8-11-21-45(37)53-49(47)48/h1-29H. The second-order valence-electron chi connectivity index (χ2n) is 13.9. The Morgan fingerprint density at radius 1 is 0.415 bits per heavy atom. The summed E-state index contributed by atoms with van der Waals surface area (Å²) in [4.78, 5) is 5.16. The maximum absolute atomic E-state index is 6.72. The third-order valence-corrected chi connectivity index (χ3v) is 11.1. The van der Waals surface area contributed by atoms with Gasteiger partial charge in [0.1, 0.15) is 16.8 Å². The number of nitrogens with zero attached hydrogens (tertiary/aromatic N) is 3. The Kier molecular flexibility index (Phi) is 5.74. The van der Waals surface area contributed by atoms with Crippen LogP contribution in [-0.2, 0) is 0 Å². The van der Waals surface area contributed by atoms with Gasteiger partial charge < -0.3 is 13.6 Å². The minimum atomic E-state index is 0.793. The first-order valence-electron chi connectivity index (χ1n) is 18.1. The molecule has 0 aliphatic rings. The monoisotopic (exact) mass is 675 g/mol. The fourth-order valence-electron chi connectivity index (χ4n) is 8.76. The molecule has 4 heterocycles. The van der Waals surface area contributed by atoms with Crippen molar-refractivity contribution in [3.05, 3.63) is 176 Å². The van der Waals surface area contributed by atoms with Crippen molar-refractivity contribution in [3.63, 3.8) is 0 Å². The molecule has 12 rings (SSSR count). The highest BCUT2D eigenvalue weighted by Gasteiger charge is 2.23. The lowest BCUT2D eigenvalue weighted by Crippen LogP contribution is -1.98. The van der Waals surface area contributed by atoms with Crippen molar-refractivity contribution in [2.75, 3.05) is 0 Å². The van der Waals surface area contributed by atoms with Gasteiger partial charge in [0.25, 0.3) is 0 Å². The molecule has 4 nitrogen and oxygen atoms in total. The van der Waals surface area contributed by atoms with E-state index in [9.17, 15) is 0 Å². The van der Waals surface area contributed by atoms with E-state index in [0.29, 0.717) is 0 Å². The number of hydrogen-bond donors (Lipinski definition) is 0. The molecule has 0 aliphatic carbocycles. The Hall–Kier alpha value is -7.17. The normalized spacial score (nSPS) is 12.2. The van der Waals surface area contributed by atoms with Crippen LogP contribution in [0.3, 0.4) is 0 Å². The third kappa shape index (κ3) is 3.98. The van der Waals surface area contributed by atoms with Crippen LogP contribution in [0.5, 0.6) is 0 Å². The lowest BCUT2D eigenvalue weighted by molar-refractivity contribution is 0.666. The molecule has 0 saturated heterocycles. The second-order valence-corrected chi connectivity index (χ2v) is 13.9. The van der Waals surface area contributed by atoms with Crippen LogP contribution in [0.1, 0.15) is 0 Å². The van der Waals surface area contributed by atoms with Crippen LogP contribution in [0.2, 0.25) is 0 Å². The fourth-order valence-corrected chi connectivity index (χ4v) is 8.76. The zero-order chi connectivity index (χ0) is 34.6. The molecule has 0 radical (unpaired) electrons. The van der Waals surface area contributed by atoms with Gasteiger partial charge in [-0.3, -0.25) is 0 Å². The van der Waals surface area contributed by atoms with Crippen molar-refractivity contribution in [2.24, 2.45) is 0 Å². The zero-order valence-electron chi connectivity index (χ0n) is 28.5. The maximum atomic E-state index is 6.72. The van der Waals surface area contributed by atoms with Crippen molar-refractivity contribution in [1.29, 1.82) is 0 Å². The SMILES string of the molecule is c1ccc(-n2c3ccccc3c3cc(-c4ccc5c(c4)c4c6ccccc6ccc4n5-c4c5ccccc5nc5c4oc4ccccc45)ccc32)cc1. The Balaban J connectivity index is 1.17. The molecule has 0 saturated carbocycles. The molecule has 0 spiro atoms. The highest BCUT2D eigenvalue weighted by molar-refractivity contribution is 6.24. The van der Waals surface area contributed by atoms with Gasteiger partial charge in [0.2, 0.25) is 0 Å². The number of hydrogen-bond acceptors (Lipinski definition) is 2. The Labute approximate surface area is 303 Å². The lowest BCUT2D eigenvalue weighted by Gasteiger charge is -2.12. The summed E-state index contributed by atoms with van der Waals surface area (Å²) in [5.41, 5.74) is 12.7. The number of benzene rings is 8. The average Bonchev–Trinajstić information content (AvgIpc) is 3.87. The van der Waals surface area contributed by atoms with Gasteiger partial charge in [-0.2, -0.15) is 0 Å². The van der Waals surface area contributed by atoms with Crippen molar-refractivity contribution in [3.8, 4) is 22.5 Å². The molecule has 0 aliphatic heterocycles. The van der Waals surface area contributed by atoms with E-state index in [4.69, 9.17) is 9.40 Å². The largest absolute Gasteiger partial charge is 0.452 e. The van der Waals surface area contributed by atoms with Crippen LogP contribution in [0.25, 0.3) is 110 Å². The van der Waals surface area contributed by atoms with E-state index in [1.165, 1.54) is 54.5 Å². The highest BCUT2D eigenvalue weighted by atomic mass is 16.3. The van der Waals surface area contributed by atoms with E-state index in [-0.39, 0.29) is 0 Å². The molecule has 53 heavy (non-hydrogen) atoms. The third-order valence-electron chi connectivity index (χ3n) is 11.1. The summed E-state index contributed by atoms with van der Waals surface area (Å²) in [5, 5.41) is 9.43. The Morgan fingerprint density at radius 3 is 1.89 bits per heavy atom. The summed E-state index contributed by atoms with van der Waals surface area (Å²) in [6.07, 6.45) is 0. The van der Waals surface area contributed by atoms with Crippen molar-refractivity contribution >= 4 is 87.4 Å². The van der Waals surface area contributed by atoms with Crippen LogP contribution >= 0.6 is 0 Å². The molecule has 0 atom stereocenters. The quantitative estimate of drug-likeness (QED) is 0.187. The van der Waals surface area contributed by atoms with Crippen LogP contribution in [0.4, 0.5) is 0 Å². The average molecular weight is 676 g/mol. The van der Waals surface area contributed by atoms with Crippen LogP contribution in [0, 0.1) is 0 Å². The molecule has 8 aromatic carbocycles. The van der Waals surface area contributed by atoms with Gasteiger partial charge in [-0.15, -0.1) is 0 Å². The van der Waals surface area contributed by atoms with E-state index >= 15 is 0 Å². The molecule has 0 bridgehead atoms. The number of furan rings is 1. The molecule has 0 unspecified atom stereocenters. The predicted octanol–water partition coefficient (Wildman–Crippen LogP) is 13.1. The second kappa shape index (κ2) is 10.7. The van der Waals surface area contributed by atoms with E-state index in [1.54, 1.807) is 0 Å². The Bertz CT molecular complexity index is 3460. The summed E-state index contributed by atoms with van der Waals surface area (Å²) in [7, 11) is 0. The summed E-state index contributed by atoms with van der Waals surface area (Å²) < 4.78 is 11.5. The molecule has 0 N–H and O–H groups in total. The van der Waals surface area contributed by atoms with E-state index in [1.807, 2.05) is 12.1 Å². The van der Waals surface area contributed by atoms with Gasteiger partial charge in [0, 0.05) is 38.0 Å². The zero-order valence-corrected chi connectivity index (χ0v) is 28.5. The summed E-state index contributed by atoms with van der Waals surface area (Å²) in [5.74, 6) is 0. The van der Waals surface area contributed by atoms with E-state index in [0.717, 1.165) is 55.4 Å². The Morgan fingerprint density at radius 2 is 1.04 bits per heavy atom. The fraction of sp³-hybridized carbons (Fsp3) is 0. The molecular formula is C49H29N3O. The van der Waals surface area contributed by atoms with Gasteiger partial charge >= 0.3 is 0 Å². The molecule has 0 fully saturated rings. The predicted molar refractivity (Wildman–Crippen MR) is 221 cm³/mol. The highest BCUT2D eigenvalue weighted by Crippen LogP contribution is 2.44. The summed E-state index contributed by atoms with van der Waals surface area (Å²) >= 11 is 0. The van der Waals surface area contributed by atoms with Crippen LogP contribution < -0.4 is 0 Å². The summed E-state index contributed by atoms with van der Waals surface area (Å²) in [6.45, 7) is 0. The first-order valence-corrected chi connectivity index (χ1v) is 18.1. The van der Waals surface area contributed by atoms with Crippen LogP contribution in [0.15, 0.2) is 180 Å². The van der Waals surface area contributed by atoms with Gasteiger partial charge in [-0.05, 0) is 88.6 Å². The van der Waals surface area contributed by atoms with Gasteiger partial charge in [-0.1, -0.05) is 109 Å². The molecule has 0 amide bonds. The van der Waals surface area contributed by atoms with Crippen molar-refractivity contribution in [1.82, 2.24) is 14.1 Å². The van der Waals surface area contributed by atoms with Gasteiger partial charge in [-0.25, -0.2) is 4.98 Å². The molecular weight excluding hydrogens is 647 g/mol. The van der Waals surface area contributed by atoms with E-state index in [2.05, 4.69) is 173 Å². The van der Waals surface area contributed by atoms with Gasteiger partial charge in [0.15, 0.2) is 5.58 Å². The van der Waals surface area contributed by atoms with Crippen LogP contribution in [-0.4, -0.2) is 14.1 Å². The molecule has 4 heteroatoms. The first-order chi connectivity index (χ1) is 26.3. The minimum absolute atomic E-state index is 0.793.